The van der Waals surface area contributed by atoms with Crippen LogP contribution in [0.4, 0.5) is 0 Å². The van der Waals surface area contributed by atoms with E-state index in [1.165, 1.54) is 14.0 Å². The maximum absolute atomic E-state index is 9.70. The van der Waals surface area contributed by atoms with Crippen LogP contribution in [0.5, 0.6) is 0 Å². The van der Waals surface area contributed by atoms with Gasteiger partial charge in [-0.15, -0.1) is 0 Å². The first-order valence-corrected chi connectivity index (χ1v) is 2.03. The molecule has 3 N–H and O–H groups in total. The van der Waals surface area contributed by atoms with E-state index in [0.29, 0.717) is 0 Å². The summed E-state index contributed by atoms with van der Waals surface area (Å²) in [7, 11) is 3.10. The molecule has 0 bridgehead atoms. The Labute approximate surface area is 58.6 Å². The molecule has 0 aromatic rings. The van der Waals surface area contributed by atoms with E-state index in [4.69, 9.17) is 0 Å². The minimum atomic E-state index is 0. The minimum Gasteiger partial charge on any atom is -0.359 e. The van der Waals surface area contributed by atoms with Gasteiger partial charge in [0.25, 0.3) is 0 Å². The summed E-state index contributed by atoms with van der Waals surface area (Å²) in [5.74, 6) is 0.00463. The average Bonchev–Trinajstić information content (AvgIpc) is 1.73. The van der Waals surface area contributed by atoms with E-state index in [9.17, 15) is 4.79 Å². The van der Waals surface area contributed by atoms with Crippen molar-refractivity contribution >= 4 is 5.91 Å². The third-order valence-corrected chi connectivity index (χ3v) is 0.352. The van der Waals surface area contributed by atoms with Gasteiger partial charge in [-0.25, -0.2) is 0 Å². The predicted molar refractivity (Wildman–Crippen MR) is 43.3 cm³/mol. The molecule has 0 radical (unpaired) electrons. The maximum atomic E-state index is 9.70. The van der Waals surface area contributed by atoms with Crippen LogP contribution in [0, 0.1) is 0 Å². The van der Waals surface area contributed by atoms with Gasteiger partial charge in [-0.1, -0.05) is 14.9 Å². The Morgan fingerprint density at radius 1 is 1.33 bits per heavy atom. The Morgan fingerprint density at radius 2 is 1.44 bits per heavy atom. The van der Waals surface area contributed by atoms with Gasteiger partial charge in [-0.3, -0.25) is 4.79 Å². The van der Waals surface area contributed by atoms with Crippen LogP contribution in [0.2, 0.25) is 0 Å². The van der Waals surface area contributed by atoms with E-state index in [1.54, 1.807) is 7.05 Å². The van der Waals surface area contributed by atoms with Crippen molar-refractivity contribution in [3.63, 3.8) is 0 Å². The van der Waals surface area contributed by atoms with Crippen LogP contribution in [0.3, 0.4) is 0 Å². The van der Waals surface area contributed by atoms with Crippen molar-refractivity contribution in [2.24, 2.45) is 5.73 Å². The lowest BCUT2D eigenvalue weighted by molar-refractivity contribution is -0.118. The van der Waals surface area contributed by atoms with Gasteiger partial charge < -0.3 is 11.1 Å². The Bertz CT molecular complexity index is 46.3. The van der Waals surface area contributed by atoms with Crippen molar-refractivity contribution in [1.29, 1.82) is 0 Å². The molecule has 1 amide bonds. The van der Waals surface area contributed by atoms with Gasteiger partial charge in [-0.2, -0.15) is 0 Å². The molecule has 0 rings (SSSR count). The summed E-state index contributed by atoms with van der Waals surface area (Å²) in [6.45, 7) is 1.47. The monoisotopic (exact) mass is 136 g/mol. The van der Waals surface area contributed by atoms with Gasteiger partial charge in [0.2, 0.25) is 5.91 Å². The molecule has 0 saturated carbocycles. The summed E-state index contributed by atoms with van der Waals surface area (Å²) >= 11 is 0. The molecule has 0 unspecified atom stereocenters. The zero-order valence-corrected chi connectivity index (χ0v) is 4.99. The minimum absolute atomic E-state index is 0. The maximum Gasteiger partial charge on any atom is 0.216 e. The van der Waals surface area contributed by atoms with Crippen molar-refractivity contribution in [1.82, 2.24) is 5.32 Å². The van der Waals surface area contributed by atoms with E-state index >= 15 is 0 Å². The van der Waals surface area contributed by atoms with Crippen molar-refractivity contribution < 1.29 is 4.79 Å². The lowest BCUT2D eigenvalue weighted by atomic mass is 10.7. The number of nitrogens with two attached hydrogens (primary N) is 1. The molecule has 0 atom stereocenters. The number of nitrogens with one attached hydrogen (secondary N) is 1. The van der Waals surface area contributed by atoms with E-state index in [2.05, 4.69) is 11.1 Å². The van der Waals surface area contributed by atoms with E-state index in [-0.39, 0.29) is 20.8 Å². The average molecular weight is 136 g/mol. The molecule has 0 saturated heterocycles. The molecule has 0 aliphatic carbocycles. The molecule has 0 spiro atoms. The lowest BCUT2D eigenvalue weighted by Gasteiger charge is -1.80. The number of hydrogen-bond acceptors (Lipinski definition) is 2. The van der Waals surface area contributed by atoms with Crippen LogP contribution in [-0.4, -0.2) is 20.0 Å². The lowest BCUT2D eigenvalue weighted by Crippen LogP contribution is -2.11. The highest BCUT2D eigenvalue weighted by Crippen LogP contribution is 1.45. The Kier molecular flexibility index (Phi) is 68.8. The van der Waals surface area contributed by atoms with Gasteiger partial charge >= 0.3 is 0 Å². The zero-order valence-electron chi connectivity index (χ0n) is 4.99. The van der Waals surface area contributed by atoms with Crippen LogP contribution >= 0.6 is 0 Å². The summed E-state index contributed by atoms with van der Waals surface area (Å²) in [5.41, 5.74) is 4.50. The third-order valence-electron chi connectivity index (χ3n) is 0.352. The second-order valence-electron chi connectivity index (χ2n) is 0.806. The molecule has 3 nitrogen and oxygen atoms in total. The zero-order chi connectivity index (χ0) is 6.28. The molecule has 0 fully saturated rings. The third kappa shape index (κ3) is 107. The summed E-state index contributed by atoms with van der Waals surface area (Å²) < 4.78 is 0. The molecular weight excluding hydrogens is 116 g/mol. The molecule has 0 heterocycles. The van der Waals surface area contributed by atoms with Crippen LogP contribution in [-0.2, 0) is 4.79 Å². The molecule has 9 heavy (non-hydrogen) atoms. The van der Waals surface area contributed by atoms with Gasteiger partial charge in [0, 0.05) is 14.0 Å². The summed E-state index contributed by atoms with van der Waals surface area (Å²) in [4.78, 5) is 9.70. The fourth-order valence-corrected chi connectivity index (χ4v) is 0. The first-order chi connectivity index (χ1) is 3.27. The summed E-state index contributed by atoms with van der Waals surface area (Å²) in [6, 6.07) is 0. The van der Waals surface area contributed by atoms with E-state index in [0.717, 1.165) is 0 Å². The quantitative estimate of drug-likeness (QED) is 0.512. The molecule has 0 aliphatic heterocycles. The standard InChI is InChI=1S/C3H7NO.CH5N.2CH4/c1-3(5)4-2;1-2;;/h1-2H3,(H,4,5);2H2,1H3;2*1H4. The fraction of sp³-hybridized carbons (Fsp3) is 0.833. The molecule has 0 aromatic carbocycles. The Hall–Kier alpha value is -0.570. The Balaban J connectivity index is -0.0000000286. The normalized spacial score (nSPS) is 4.44. The fourth-order valence-electron chi connectivity index (χ4n) is 0. The molecular formula is C6H20N2O. The molecule has 0 aliphatic rings. The number of carbonyl (C=O) groups is 1. The highest BCUT2D eigenvalue weighted by Gasteiger charge is 1.72. The van der Waals surface area contributed by atoms with Gasteiger partial charge in [0.1, 0.15) is 0 Å². The largest absolute Gasteiger partial charge is 0.359 e. The topological polar surface area (TPSA) is 55.1 Å². The number of hydrogen-bond donors (Lipinski definition) is 2. The number of carbonyl (C=O) groups excluding carboxylic acids is 1. The predicted octanol–water partition coefficient (Wildman–Crippen LogP) is 0.599. The smallest absolute Gasteiger partial charge is 0.216 e. The van der Waals surface area contributed by atoms with Crippen molar-refractivity contribution in [3.8, 4) is 0 Å². The summed E-state index contributed by atoms with van der Waals surface area (Å²) in [5, 5.41) is 2.39. The first kappa shape index (κ1) is 23.7. The van der Waals surface area contributed by atoms with Gasteiger partial charge in [-0.05, 0) is 7.05 Å². The first-order valence-electron chi connectivity index (χ1n) is 2.03. The molecule has 0 aromatic heterocycles. The second kappa shape index (κ2) is 26.1. The van der Waals surface area contributed by atoms with Crippen molar-refractivity contribution in [3.05, 3.63) is 0 Å². The highest BCUT2D eigenvalue weighted by molar-refractivity contribution is 5.72. The number of amides is 1. The van der Waals surface area contributed by atoms with Gasteiger partial charge in [0.05, 0.1) is 0 Å². The highest BCUT2D eigenvalue weighted by atomic mass is 16.1. The summed E-state index contributed by atoms with van der Waals surface area (Å²) in [6.07, 6.45) is 0. The molecule has 3 heteroatoms. The van der Waals surface area contributed by atoms with Gasteiger partial charge in [0.15, 0.2) is 0 Å². The van der Waals surface area contributed by atoms with Crippen LogP contribution in [0.25, 0.3) is 0 Å². The van der Waals surface area contributed by atoms with Crippen LogP contribution < -0.4 is 11.1 Å². The SMILES string of the molecule is C.C.CN.CNC(C)=O. The molecule has 60 valence electrons. The van der Waals surface area contributed by atoms with Crippen molar-refractivity contribution in [2.75, 3.05) is 14.1 Å². The number of rotatable bonds is 0. The van der Waals surface area contributed by atoms with Crippen LogP contribution in [0.15, 0.2) is 0 Å². The van der Waals surface area contributed by atoms with Crippen molar-refractivity contribution in [2.45, 2.75) is 21.8 Å². The van der Waals surface area contributed by atoms with Crippen LogP contribution in [0.1, 0.15) is 21.8 Å². The van der Waals surface area contributed by atoms with E-state index < -0.39 is 0 Å². The second-order valence-corrected chi connectivity index (χ2v) is 0.806. The van der Waals surface area contributed by atoms with E-state index in [1.807, 2.05) is 0 Å². The Morgan fingerprint density at radius 3 is 1.44 bits per heavy atom.